The third-order valence-electron chi connectivity index (χ3n) is 13.9. The van der Waals surface area contributed by atoms with Crippen molar-refractivity contribution in [2.45, 2.75) is 270 Å². The van der Waals surface area contributed by atoms with E-state index in [-0.39, 0.29) is 38.6 Å². The van der Waals surface area contributed by atoms with E-state index in [1.807, 2.05) is 21.1 Å². The van der Waals surface area contributed by atoms with Crippen LogP contribution in [0.3, 0.4) is 0 Å². The zero-order valence-electron chi connectivity index (χ0n) is 53.8. The number of aliphatic carboxylic acids is 1. The lowest BCUT2D eigenvalue weighted by atomic mass is 10.0. The van der Waals surface area contributed by atoms with Gasteiger partial charge in [-0.1, -0.05) is 270 Å². The molecule has 0 heterocycles. The summed E-state index contributed by atoms with van der Waals surface area (Å²) >= 11 is 0. The predicted octanol–water partition coefficient (Wildman–Crippen LogP) is 19.2. The van der Waals surface area contributed by atoms with Crippen LogP contribution in [0, 0.1) is 0 Å². The van der Waals surface area contributed by atoms with Gasteiger partial charge in [-0.3, -0.25) is 9.59 Å². The van der Waals surface area contributed by atoms with Crippen molar-refractivity contribution in [1.82, 2.24) is 0 Å². The number of unbranched alkanes of at least 4 members (excludes halogenated alkanes) is 23. The third kappa shape index (κ3) is 64.8. The summed E-state index contributed by atoms with van der Waals surface area (Å²) in [6.07, 6.45) is 88.1. The van der Waals surface area contributed by atoms with Crippen LogP contribution < -0.4 is 5.11 Å². The molecule has 0 radical (unpaired) electrons. The van der Waals surface area contributed by atoms with Crippen LogP contribution in [-0.4, -0.2) is 82.3 Å². The Labute approximate surface area is 509 Å². The number of esters is 2. The molecule has 0 rings (SSSR count). The molecule has 472 valence electrons. The highest BCUT2D eigenvalue weighted by atomic mass is 16.7. The largest absolute Gasteiger partial charge is 0.545 e. The molecule has 9 heteroatoms. The van der Waals surface area contributed by atoms with Gasteiger partial charge < -0.3 is 33.3 Å². The minimum absolute atomic E-state index is 0.140. The molecule has 0 bridgehead atoms. The van der Waals surface area contributed by atoms with Crippen LogP contribution in [-0.2, 0) is 33.3 Å². The molecule has 0 saturated carbocycles. The van der Waals surface area contributed by atoms with Crippen molar-refractivity contribution in [2.75, 3.05) is 47.5 Å². The fourth-order valence-corrected chi connectivity index (χ4v) is 8.86. The average Bonchev–Trinajstić information content (AvgIpc) is 3.46. The number of carboxylic acids is 1. The molecule has 0 fully saturated rings. The normalized spacial score (nSPS) is 13.6. The number of ether oxygens (including phenoxy) is 4. The molecular formula is C74H123NO8. The minimum Gasteiger partial charge on any atom is -0.545 e. The second kappa shape index (κ2) is 63.5. The SMILES string of the molecule is CC/C=C\C/C=C\C/C=C\C/C=C\C/C=C\C/C=C\C/C=C\CCCCCCCCCCCCCCCCCCCC(=O)OC(COC(=O)CCCCCCCC/C=C\C/C=C\C/C=C\C/C=C\CC)COC(OCC[N+](C)(C)C)C(=O)[O-]. The first-order valence-corrected chi connectivity index (χ1v) is 33.3. The molecule has 2 atom stereocenters. The Morgan fingerprint density at radius 3 is 0.964 bits per heavy atom. The molecule has 0 aromatic rings. The summed E-state index contributed by atoms with van der Waals surface area (Å²) in [5, 5.41) is 11.8. The Bertz CT molecular complexity index is 1820. The van der Waals surface area contributed by atoms with Crippen LogP contribution in [0.4, 0.5) is 0 Å². The Hall–Kier alpha value is -4.57. The highest BCUT2D eigenvalue weighted by Gasteiger charge is 2.22. The maximum Gasteiger partial charge on any atom is 0.306 e. The monoisotopic (exact) mass is 1150 g/mol. The van der Waals surface area contributed by atoms with E-state index in [0.29, 0.717) is 17.4 Å². The van der Waals surface area contributed by atoms with Crippen LogP contribution in [0.15, 0.2) is 134 Å². The third-order valence-corrected chi connectivity index (χ3v) is 13.9. The van der Waals surface area contributed by atoms with E-state index in [1.165, 1.54) is 89.9 Å². The lowest BCUT2D eigenvalue weighted by Gasteiger charge is -2.26. The van der Waals surface area contributed by atoms with Crippen molar-refractivity contribution in [3.8, 4) is 0 Å². The molecule has 0 aliphatic carbocycles. The van der Waals surface area contributed by atoms with Gasteiger partial charge in [0.25, 0.3) is 0 Å². The highest BCUT2D eigenvalue weighted by Crippen LogP contribution is 2.16. The van der Waals surface area contributed by atoms with E-state index in [4.69, 9.17) is 18.9 Å². The van der Waals surface area contributed by atoms with Gasteiger partial charge >= 0.3 is 11.9 Å². The Morgan fingerprint density at radius 2 is 0.651 bits per heavy atom. The predicted molar refractivity (Wildman–Crippen MR) is 352 cm³/mol. The number of hydrogen-bond donors (Lipinski definition) is 0. The van der Waals surface area contributed by atoms with Gasteiger partial charge in [0.15, 0.2) is 12.4 Å². The molecule has 9 nitrogen and oxygen atoms in total. The number of carbonyl (C=O) groups excluding carboxylic acids is 3. The van der Waals surface area contributed by atoms with E-state index in [1.54, 1.807) is 0 Å². The molecule has 0 N–H and O–H groups in total. The molecule has 0 amide bonds. The summed E-state index contributed by atoms with van der Waals surface area (Å²) in [6.45, 7) is 4.50. The number of hydrogen-bond acceptors (Lipinski definition) is 8. The number of carbonyl (C=O) groups is 3. The number of allylic oxidation sites excluding steroid dienone is 22. The lowest BCUT2D eigenvalue weighted by molar-refractivity contribution is -0.870. The van der Waals surface area contributed by atoms with Crippen molar-refractivity contribution in [3.63, 3.8) is 0 Å². The van der Waals surface area contributed by atoms with Crippen molar-refractivity contribution in [1.29, 1.82) is 0 Å². The molecule has 0 saturated heterocycles. The van der Waals surface area contributed by atoms with Gasteiger partial charge in [0, 0.05) is 12.8 Å². The fourth-order valence-electron chi connectivity index (χ4n) is 8.86. The Kier molecular flexibility index (Phi) is 60.0. The zero-order valence-corrected chi connectivity index (χ0v) is 53.8. The van der Waals surface area contributed by atoms with Gasteiger partial charge in [-0.05, 0) is 109 Å². The van der Waals surface area contributed by atoms with Crippen molar-refractivity contribution in [2.24, 2.45) is 0 Å². The molecule has 0 spiro atoms. The van der Waals surface area contributed by atoms with Gasteiger partial charge in [-0.25, -0.2) is 0 Å². The number of quaternary nitrogens is 1. The molecule has 0 aromatic heterocycles. The molecule has 0 aliphatic heterocycles. The first kappa shape index (κ1) is 78.4. The second-order valence-electron chi connectivity index (χ2n) is 23.0. The topological polar surface area (TPSA) is 111 Å². The van der Waals surface area contributed by atoms with Crippen LogP contribution in [0.25, 0.3) is 0 Å². The molecule has 0 aliphatic rings. The van der Waals surface area contributed by atoms with E-state index < -0.39 is 24.3 Å². The number of nitrogens with zero attached hydrogens (tertiary/aromatic N) is 1. The minimum atomic E-state index is -1.63. The van der Waals surface area contributed by atoms with Crippen molar-refractivity contribution in [3.05, 3.63) is 134 Å². The molecule has 2 unspecified atom stereocenters. The van der Waals surface area contributed by atoms with Crippen LogP contribution in [0.1, 0.15) is 258 Å². The van der Waals surface area contributed by atoms with Crippen LogP contribution in [0.5, 0.6) is 0 Å². The number of rotatable bonds is 60. The fraction of sp³-hybridized carbons (Fsp3) is 0.662. The van der Waals surface area contributed by atoms with Crippen molar-refractivity contribution >= 4 is 17.9 Å². The maximum absolute atomic E-state index is 12.9. The maximum atomic E-state index is 12.9. The molecule has 0 aromatic carbocycles. The van der Waals surface area contributed by atoms with E-state index >= 15 is 0 Å². The van der Waals surface area contributed by atoms with Crippen molar-refractivity contribution < 1.29 is 42.9 Å². The van der Waals surface area contributed by atoms with Gasteiger partial charge in [-0.2, -0.15) is 0 Å². The molecule has 83 heavy (non-hydrogen) atoms. The smallest absolute Gasteiger partial charge is 0.306 e. The highest BCUT2D eigenvalue weighted by molar-refractivity contribution is 5.70. The average molecular weight is 1150 g/mol. The quantitative estimate of drug-likeness (QED) is 0.0195. The zero-order chi connectivity index (χ0) is 60.5. The summed E-state index contributed by atoms with van der Waals surface area (Å²) in [5.41, 5.74) is 0. The number of carboxylic acid groups (broad SMARTS) is 1. The Balaban J connectivity index is 4.10. The second-order valence-corrected chi connectivity index (χ2v) is 23.0. The first-order valence-electron chi connectivity index (χ1n) is 33.3. The summed E-state index contributed by atoms with van der Waals surface area (Å²) in [7, 11) is 5.92. The summed E-state index contributed by atoms with van der Waals surface area (Å²) in [4.78, 5) is 37.4. The summed E-state index contributed by atoms with van der Waals surface area (Å²) in [6, 6.07) is 0. The van der Waals surface area contributed by atoms with Gasteiger partial charge in [0.05, 0.1) is 40.3 Å². The summed E-state index contributed by atoms with van der Waals surface area (Å²) < 4.78 is 22.7. The van der Waals surface area contributed by atoms with Crippen LogP contribution >= 0.6 is 0 Å². The van der Waals surface area contributed by atoms with Gasteiger partial charge in [0.2, 0.25) is 0 Å². The first-order chi connectivity index (χ1) is 40.6. The van der Waals surface area contributed by atoms with Crippen LogP contribution in [0.2, 0.25) is 0 Å². The Morgan fingerprint density at radius 1 is 0.361 bits per heavy atom. The summed E-state index contributed by atoms with van der Waals surface area (Å²) in [5.74, 6) is -2.30. The number of likely N-dealkylation sites (N-methyl/N-ethyl adjacent to an activating group) is 1. The lowest BCUT2D eigenvalue weighted by Crippen LogP contribution is -2.44. The van der Waals surface area contributed by atoms with E-state index in [0.717, 1.165) is 135 Å². The standard InChI is InChI=1S/C74H123NO8/c1-6-8-10-12-14-16-18-20-22-24-26-27-28-29-30-31-32-33-34-35-36-37-38-39-40-41-42-43-44-45-47-49-51-53-55-57-59-61-63-65-72(77)83-70(69-82-74(73(78)79)80-67-66-75(3,4)5)68-81-71(76)64-62-60-58-56-54-52-50-48-46-25-23-21-19-17-15-13-11-9-7-2/h8-11,14-17,20-23,26-27,29-30,32-33,35-36,46,48,70,74H,6-7,12-13,18-19,24-25,28,31,34,37-45,47,49-69H2,1-5H3/b10-8-,11-9-,16-14-,17-15-,22-20-,23-21-,27-26-,30-29-,33-32-,36-35-,48-46-. The van der Waals surface area contributed by atoms with Gasteiger partial charge in [0.1, 0.15) is 13.2 Å². The molecular weight excluding hydrogens is 1030 g/mol. The van der Waals surface area contributed by atoms with E-state index in [2.05, 4.69) is 148 Å². The van der Waals surface area contributed by atoms with E-state index in [9.17, 15) is 19.5 Å². The van der Waals surface area contributed by atoms with Gasteiger partial charge in [-0.15, -0.1) is 0 Å².